The molecule has 0 aromatic heterocycles. The van der Waals surface area contributed by atoms with Crippen molar-refractivity contribution in [3.8, 4) is 0 Å². The van der Waals surface area contributed by atoms with Crippen LogP contribution in [0.4, 0.5) is 0 Å². The summed E-state index contributed by atoms with van der Waals surface area (Å²) in [6.07, 6.45) is 1.63. The van der Waals surface area contributed by atoms with E-state index in [-0.39, 0.29) is 13.2 Å². The molecule has 0 spiro atoms. The van der Waals surface area contributed by atoms with Gasteiger partial charge in [0.25, 0.3) is 0 Å². The minimum Gasteiger partial charge on any atom is -0.395 e. The van der Waals surface area contributed by atoms with E-state index in [1.807, 2.05) is 6.92 Å². The molecule has 0 saturated heterocycles. The SMILES string of the molecule is C=CC(C)(CO)NCCO. The van der Waals surface area contributed by atoms with Crippen molar-refractivity contribution in [2.45, 2.75) is 12.5 Å². The van der Waals surface area contributed by atoms with Gasteiger partial charge in [-0.25, -0.2) is 0 Å². The lowest BCUT2D eigenvalue weighted by Crippen LogP contribution is -2.44. The monoisotopic (exact) mass is 145 g/mol. The predicted octanol–water partition coefficient (Wildman–Crippen LogP) is -0.495. The fourth-order valence-electron chi connectivity index (χ4n) is 0.534. The lowest BCUT2D eigenvalue weighted by Gasteiger charge is -2.23. The zero-order valence-corrected chi connectivity index (χ0v) is 6.30. The van der Waals surface area contributed by atoms with Gasteiger partial charge in [0.1, 0.15) is 0 Å². The van der Waals surface area contributed by atoms with E-state index in [4.69, 9.17) is 10.2 Å². The molecule has 0 aliphatic rings. The van der Waals surface area contributed by atoms with Crippen LogP contribution < -0.4 is 5.32 Å². The van der Waals surface area contributed by atoms with Gasteiger partial charge >= 0.3 is 0 Å². The Morgan fingerprint density at radius 3 is 2.50 bits per heavy atom. The van der Waals surface area contributed by atoms with Crippen LogP contribution in [0.15, 0.2) is 12.7 Å². The average Bonchev–Trinajstić information content (AvgIpc) is 2.00. The van der Waals surface area contributed by atoms with Crippen LogP contribution in [0.3, 0.4) is 0 Å². The van der Waals surface area contributed by atoms with E-state index in [1.165, 1.54) is 0 Å². The van der Waals surface area contributed by atoms with E-state index in [9.17, 15) is 0 Å². The van der Waals surface area contributed by atoms with Crippen molar-refractivity contribution in [2.75, 3.05) is 19.8 Å². The first kappa shape index (κ1) is 9.62. The minimum atomic E-state index is -0.456. The average molecular weight is 145 g/mol. The zero-order valence-electron chi connectivity index (χ0n) is 6.30. The fraction of sp³-hybridized carbons (Fsp3) is 0.714. The molecule has 3 nitrogen and oxygen atoms in total. The Kier molecular flexibility index (Phi) is 4.27. The molecule has 0 aliphatic carbocycles. The molecule has 0 aromatic carbocycles. The summed E-state index contributed by atoms with van der Waals surface area (Å²) in [5, 5.41) is 20.2. The van der Waals surface area contributed by atoms with Crippen molar-refractivity contribution in [3.05, 3.63) is 12.7 Å². The summed E-state index contributed by atoms with van der Waals surface area (Å²) in [5.41, 5.74) is -0.456. The Hall–Kier alpha value is -0.380. The summed E-state index contributed by atoms with van der Waals surface area (Å²) in [5.74, 6) is 0. The Labute approximate surface area is 61.4 Å². The van der Waals surface area contributed by atoms with Gasteiger partial charge in [-0.15, -0.1) is 6.58 Å². The van der Waals surface area contributed by atoms with E-state index >= 15 is 0 Å². The smallest absolute Gasteiger partial charge is 0.0646 e. The maximum atomic E-state index is 8.80. The first-order chi connectivity index (χ1) is 4.68. The Bertz CT molecular complexity index is 106. The summed E-state index contributed by atoms with van der Waals surface area (Å²) in [6, 6.07) is 0. The van der Waals surface area contributed by atoms with Gasteiger partial charge in [-0.1, -0.05) is 6.08 Å². The Morgan fingerprint density at radius 2 is 2.20 bits per heavy atom. The molecule has 10 heavy (non-hydrogen) atoms. The van der Waals surface area contributed by atoms with Crippen molar-refractivity contribution in [1.82, 2.24) is 5.32 Å². The highest BCUT2D eigenvalue weighted by Gasteiger charge is 2.16. The van der Waals surface area contributed by atoms with E-state index in [0.717, 1.165) is 0 Å². The highest BCUT2D eigenvalue weighted by molar-refractivity contribution is 4.98. The first-order valence-electron chi connectivity index (χ1n) is 3.29. The second-order valence-electron chi connectivity index (χ2n) is 2.43. The van der Waals surface area contributed by atoms with Gasteiger partial charge in [-0.05, 0) is 6.92 Å². The van der Waals surface area contributed by atoms with Crippen LogP contribution in [-0.2, 0) is 0 Å². The van der Waals surface area contributed by atoms with Crippen molar-refractivity contribution in [3.63, 3.8) is 0 Å². The van der Waals surface area contributed by atoms with Gasteiger partial charge in [0.2, 0.25) is 0 Å². The number of aliphatic hydroxyl groups is 2. The molecule has 1 atom stereocenters. The molecule has 1 unspecified atom stereocenters. The summed E-state index contributed by atoms with van der Waals surface area (Å²) in [4.78, 5) is 0. The number of hydrogen-bond donors (Lipinski definition) is 3. The quantitative estimate of drug-likeness (QED) is 0.457. The molecule has 3 N–H and O–H groups in total. The molecule has 0 fully saturated rings. The molecule has 0 heterocycles. The number of β-amino-alcohol motifs (C(OH)–C–C–N with tert-alkyl or cyclic N) is 1. The van der Waals surface area contributed by atoms with Crippen LogP contribution in [0, 0.1) is 0 Å². The lowest BCUT2D eigenvalue weighted by atomic mass is 10.1. The summed E-state index contributed by atoms with van der Waals surface area (Å²) < 4.78 is 0. The Morgan fingerprint density at radius 1 is 1.60 bits per heavy atom. The van der Waals surface area contributed by atoms with Gasteiger partial charge in [0, 0.05) is 6.54 Å². The van der Waals surface area contributed by atoms with Crippen LogP contribution in [0.2, 0.25) is 0 Å². The third-order valence-corrected chi connectivity index (χ3v) is 1.42. The van der Waals surface area contributed by atoms with Crippen molar-refractivity contribution in [1.29, 1.82) is 0 Å². The predicted molar refractivity (Wildman–Crippen MR) is 40.8 cm³/mol. The van der Waals surface area contributed by atoms with Gasteiger partial charge in [0.05, 0.1) is 18.8 Å². The van der Waals surface area contributed by atoms with Gasteiger partial charge in [-0.2, -0.15) is 0 Å². The second-order valence-corrected chi connectivity index (χ2v) is 2.43. The normalized spacial score (nSPS) is 16.3. The lowest BCUT2D eigenvalue weighted by molar-refractivity contribution is 0.195. The maximum Gasteiger partial charge on any atom is 0.0646 e. The molecule has 0 aromatic rings. The summed E-state index contributed by atoms with van der Waals surface area (Å²) in [7, 11) is 0. The molecule has 0 saturated carbocycles. The molecule has 0 amide bonds. The second kappa shape index (κ2) is 4.44. The molecule has 0 rings (SSSR count). The molecular weight excluding hydrogens is 130 g/mol. The van der Waals surface area contributed by atoms with Gasteiger partial charge in [0.15, 0.2) is 0 Å². The fourth-order valence-corrected chi connectivity index (χ4v) is 0.534. The Balaban J connectivity index is 3.68. The zero-order chi connectivity index (χ0) is 8.04. The van der Waals surface area contributed by atoms with Crippen LogP contribution in [-0.4, -0.2) is 35.5 Å². The molecule has 0 bridgehead atoms. The number of rotatable bonds is 5. The molecular formula is C7H15NO2. The largest absolute Gasteiger partial charge is 0.395 e. The first-order valence-corrected chi connectivity index (χ1v) is 3.29. The number of hydrogen-bond acceptors (Lipinski definition) is 3. The van der Waals surface area contributed by atoms with Crippen molar-refractivity contribution < 1.29 is 10.2 Å². The highest BCUT2D eigenvalue weighted by Crippen LogP contribution is 2.01. The topological polar surface area (TPSA) is 52.5 Å². The maximum absolute atomic E-state index is 8.80. The van der Waals surface area contributed by atoms with E-state index in [0.29, 0.717) is 6.54 Å². The van der Waals surface area contributed by atoms with Crippen molar-refractivity contribution in [2.24, 2.45) is 0 Å². The molecule has 0 aliphatic heterocycles. The molecule has 3 heteroatoms. The van der Waals surface area contributed by atoms with Gasteiger partial charge in [-0.3, -0.25) is 0 Å². The van der Waals surface area contributed by atoms with E-state index in [2.05, 4.69) is 11.9 Å². The summed E-state index contributed by atoms with van der Waals surface area (Å²) >= 11 is 0. The number of nitrogens with one attached hydrogen (secondary N) is 1. The summed E-state index contributed by atoms with van der Waals surface area (Å²) in [6.45, 7) is 5.91. The standard InChI is InChI=1S/C7H15NO2/c1-3-7(2,6-10)8-4-5-9/h3,8-10H,1,4-6H2,2H3. The third-order valence-electron chi connectivity index (χ3n) is 1.42. The molecule has 0 radical (unpaired) electrons. The number of aliphatic hydroxyl groups excluding tert-OH is 2. The van der Waals surface area contributed by atoms with Crippen LogP contribution in [0.25, 0.3) is 0 Å². The minimum absolute atomic E-state index is 0.00347. The van der Waals surface area contributed by atoms with Gasteiger partial charge < -0.3 is 15.5 Å². The molecule has 60 valence electrons. The van der Waals surface area contributed by atoms with E-state index in [1.54, 1.807) is 6.08 Å². The van der Waals surface area contributed by atoms with Crippen LogP contribution in [0.1, 0.15) is 6.92 Å². The van der Waals surface area contributed by atoms with Crippen LogP contribution >= 0.6 is 0 Å². The van der Waals surface area contributed by atoms with Crippen molar-refractivity contribution >= 4 is 0 Å². The van der Waals surface area contributed by atoms with Crippen LogP contribution in [0.5, 0.6) is 0 Å². The van der Waals surface area contributed by atoms with E-state index < -0.39 is 5.54 Å². The third kappa shape index (κ3) is 2.96. The highest BCUT2D eigenvalue weighted by atomic mass is 16.3.